The van der Waals surface area contributed by atoms with E-state index in [0.717, 1.165) is 18.4 Å². The highest BCUT2D eigenvalue weighted by atomic mass is 16.4. The normalized spacial score (nSPS) is 11.3. The van der Waals surface area contributed by atoms with Crippen molar-refractivity contribution >= 4 is 47.7 Å². The SMILES string of the molecule is N=C(N)NCCCC(N)C(=O)O.NC(CC(=O)O)C(=O)O.NC(Cc1ccccc1)C(=O)O.NCC(=O)O.NCCCCC(N)C(=O)O.[N-]=[N+]=NCC(=O)O. The number of unbranched alkanes of at least 4 members (excludes halogenated alkanes) is 1. The highest BCUT2D eigenvalue weighted by molar-refractivity contribution is 5.80. The summed E-state index contributed by atoms with van der Waals surface area (Å²) in [4.78, 5) is 71.3. The van der Waals surface area contributed by atoms with Crippen molar-refractivity contribution in [2.45, 2.75) is 69.1 Å². The molecule has 0 aromatic heterocycles. The molecule has 0 saturated heterocycles. The van der Waals surface area contributed by atoms with Crippen LogP contribution in [0.2, 0.25) is 0 Å². The Kier molecular flexibility index (Phi) is 41.3. The van der Waals surface area contributed by atoms with Crippen LogP contribution in [0.25, 0.3) is 10.4 Å². The summed E-state index contributed by atoms with van der Waals surface area (Å²) in [5, 5.41) is 68.7. The summed E-state index contributed by atoms with van der Waals surface area (Å²) in [5.41, 5.74) is 43.9. The van der Waals surface area contributed by atoms with Gasteiger partial charge in [0.25, 0.3) is 0 Å². The van der Waals surface area contributed by atoms with Crippen molar-refractivity contribution in [1.82, 2.24) is 5.32 Å². The molecular weight excluding hydrogens is 740 g/mol. The summed E-state index contributed by atoms with van der Waals surface area (Å²) in [6.07, 6.45) is 2.99. The van der Waals surface area contributed by atoms with Gasteiger partial charge in [-0.2, -0.15) is 0 Å². The molecule has 0 aliphatic heterocycles. The summed E-state index contributed by atoms with van der Waals surface area (Å²) >= 11 is 0. The minimum Gasteiger partial charge on any atom is -0.481 e. The number of nitrogens with two attached hydrogens (primary N) is 7. The molecule has 0 radical (unpaired) electrons. The van der Waals surface area contributed by atoms with Gasteiger partial charge in [0, 0.05) is 11.5 Å². The van der Waals surface area contributed by atoms with E-state index in [9.17, 15) is 33.6 Å². The molecule has 1 aromatic carbocycles. The van der Waals surface area contributed by atoms with Gasteiger partial charge in [0.1, 0.15) is 30.7 Å². The molecule has 0 aliphatic carbocycles. The van der Waals surface area contributed by atoms with Gasteiger partial charge >= 0.3 is 41.8 Å². The van der Waals surface area contributed by atoms with Gasteiger partial charge in [-0.05, 0) is 49.7 Å². The standard InChI is InChI=1S/C9H11NO2.C6H14N4O2.C6H14N2O2.C4H7NO4.C2H3N3O2.C2H5NO2/c10-8(9(11)12)6-7-4-2-1-3-5-7;7-4(5(11)12)2-1-3-10-6(8)9;7-4-2-1-3-5(8)6(9)10;5-2(4(8)9)1-3(6)7;3-5-4-1-2(6)7;3-1-2(4)5/h1-5,8H,6,10H2,(H,11,12);4H,1-3,7H2,(H,11,12)(H4,8,9,10);5H,1-4,7-8H2,(H,9,10);2H,1,5H2,(H,6,7)(H,8,9);1H2,(H,6,7);1,3H2,(H,4,5). The summed E-state index contributed by atoms with van der Waals surface area (Å²) < 4.78 is 0. The zero-order valence-electron chi connectivity index (χ0n) is 29.8. The highest BCUT2D eigenvalue weighted by Gasteiger charge is 2.14. The van der Waals surface area contributed by atoms with Crippen molar-refractivity contribution in [3.63, 3.8) is 0 Å². The molecule has 23 N–H and O–H groups in total. The largest absolute Gasteiger partial charge is 0.481 e. The zero-order valence-corrected chi connectivity index (χ0v) is 29.8. The van der Waals surface area contributed by atoms with Crippen LogP contribution in [-0.2, 0) is 40.0 Å². The Morgan fingerprint density at radius 1 is 0.691 bits per heavy atom. The van der Waals surface area contributed by atoms with Gasteiger partial charge in [0.15, 0.2) is 5.96 Å². The molecule has 26 heteroatoms. The van der Waals surface area contributed by atoms with Gasteiger partial charge < -0.3 is 81.2 Å². The number of hydrogen-bond acceptors (Lipinski definition) is 15. The molecule has 4 unspecified atom stereocenters. The summed E-state index contributed by atoms with van der Waals surface area (Å²) in [6.45, 7) is 0.332. The Hall–Kier alpha value is -6.15. The first-order valence-corrected chi connectivity index (χ1v) is 15.6. The number of hydrogen-bond donors (Lipinski definition) is 16. The number of carboxylic acid groups (broad SMARTS) is 7. The quantitative estimate of drug-likeness (QED) is 0.0167. The number of nitrogens with zero attached hydrogens (tertiary/aromatic N) is 3. The number of rotatable bonds is 19. The smallest absolute Gasteiger partial charge is 0.321 e. The lowest BCUT2D eigenvalue weighted by molar-refractivity contribution is -0.144. The van der Waals surface area contributed by atoms with Crippen LogP contribution in [0.15, 0.2) is 35.4 Å². The van der Waals surface area contributed by atoms with Crippen molar-refractivity contribution in [1.29, 1.82) is 5.41 Å². The molecule has 0 spiro atoms. The van der Waals surface area contributed by atoms with Crippen molar-refractivity contribution in [2.75, 3.05) is 26.2 Å². The second kappa shape index (κ2) is 39.1. The Morgan fingerprint density at radius 2 is 1.13 bits per heavy atom. The van der Waals surface area contributed by atoms with E-state index in [1.54, 1.807) is 0 Å². The van der Waals surface area contributed by atoms with Crippen LogP contribution in [0.4, 0.5) is 0 Å². The third-order valence-corrected chi connectivity index (χ3v) is 5.38. The van der Waals surface area contributed by atoms with E-state index in [0.29, 0.717) is 38.8 Å². The first kappa shape index (κ1) is 58.2. The molecule has 1 rings (SSSR count). The van der Waals surface area contributed by atoms with Gasteiger partial charge in [-0.1, -0.05) is 41.9 Å². The van der Waals surface area contributed by atoms with Gasteiger partial charge in [0.2, 0.25) is 0 Å². The average molecular weight is 795 g/mol. The van der Waals surface area contributed by atoms with E-state index in [-0.39, 0.29) is 12.5 Å². The Bertz CT molecular complexity index is 1320. The van der Waals surface area contributed by atoms with E-state index in [1.165, 1.54) is 0 Å². The Morgan fingerprint density at radius 3 is 1.42 bits per heavy atom. The molecule has 0 aliphatic rings. The molecule has 0 bridgehead atoms. The maximum absolute atomic E-state index is 10.4. The topological polar surface area (TPSA) is 528 Å². The lowest BCUT2D eigenvalue weighted by Gasteiger charge is -2.06. The van der Waals surface area contributed by atoms with Crippen molar-refractivity contribution in [3.05, 3.63) is 46.3 Å². The van der Waals surface area contributed by atoms with Crippen LogP contribution in [0.5, 0.6) is 0 Å². The van der Waals surface area contributed by atoms with Crippen LogP contribution in [0.3, 0.4) is 0 Å². The molecular formula is C29H54N12O14. The van der Waals surface area contributed by atoms with Crippen LogP contribution >= 0.6 is 0 Å². The minimum absolute atomic E-state index is 0.112. The molecule has 0 amide bonds. The molecule has 0 saturated carbocycles. The molecule has 0 fully saturated rings. The first-order valence-electron chi connectivity index (χ1n) is 15.6. The molecule has 4 atom stereocenters. The maximum atomic E-state index is 10.4. The highest BCUT2D eigenvalue weighted by Crippen LogP contribution is 2.01. The molecule has 26 nitrogen and oxygen atoms in total. The fraction of sp³-hybridized carbons (Fsp3) is 0.517. The van der Waals surface area contributed by atoms with Crippen molar-refractivity contribution in [2.24, 2.45) is 45.2 Å². The Labute approximate surface area is 314 Å². The molecule has 0 heterocycles. The van der Waals surface area contributed by atoms with E-state index < -0.39 is 78.9 Å². The minimum atomic E-state index is -1.29. The predicted molar refractivity (Wildman–Crippen MR) is 195 cm³/mol. The number of carboxylic acids is 7. The third-order valence-electron chi connectivity index (χ3n) is 5.38. The monoisotopic (exact) mass is 794 g/mol. The maximum Gasteiger partial charge on any atom is 0.321 e. The summed E-state index contributed by atoms with van der Waals surface area (Å²) in [6, 6.07) is 5.72. The van der Waals surface area contributed by atoms with Crippen LogP contribution < -0.4 is 45.5 Å². The molecule has 55 heavy (non-hydrogen) atoms. The summed E-state index contributed by atoms with van der Waals surface area (Å²) in [7, 11) is 0. The fourth-order valence-electron chi connectivity index (χ4n) is 2.62. The van der Waals surface area contributed by atoms with E-state index >= 15 is 0 Å². The van der Waals surface area contributed by atoms with Gasteiger partial charge in [-0.15, -0.1) is 0 Å². The first-order chi connectivity index (χ1) is 25.5. The number of guanidine groups is 1. The van der Waals surface area contributed by atoms with Gasteiger partial charge in [-0.3, -0.25) is 39.0 Å². The number of benzene rings is 1. The zero-order chi connectivity index (χ0) is 43.9. The van der Waals surface area contributed by atoms with Crippen LogP contribution in [0, 0.1) is 5.41 Å². The number of nitrogens with one attached hydrogen (secondary N) is 2. The van der Waals surface area contributed by atoms with E-state index in [1.807, 2.05) is 30.3 Å². The number of carbonyl (C=O) groups is 7. The predicted octanol–water partition coefficient (Wildman–Crippen LogP) is -2.89. The van der Waals surface area contributed by atoms with E-state index in [2.05, 4.69) is 21.1 Å². The van der Waals surface area contributed by atoms with E-state index in [4.69, 9.17) is 81.1 Å². The van der Waals surface area contributed by atoms with Gasteiger partial charge in [-0.25, -0.2) is 0 Å². The molecule has 1 aromatic rings. The second-order valence-corrected chi connectivity index (χ2v) is 10.2. The lowest BCUT2D eigenvalue weighted by Crippen LogP contribution is -2.34. The van der Waals surface area contributed by atoms with Crippen molar-refractivity contribution in [3.8, 4) is 0 Å². The van der Waals surface area contributed by atoms with Crippen molar-refractivity contribution < 1.29 is 69.3 Å². The Balaban J connectivity index is -0.000000186. The third kappa shape index (κ3) is 52.3. The lowest BCUT2D eigenvalue weighted by atomic mass is 10.1. The van der Waals surface area contributed by atoms with Crippen LogP contribution in [0.1, 0.15) is 44.1 Å². The number of azide groups is 1. The number of aliphatic carboxylic acids is 7. The van der Waals surface area contributed by atoms with Gasteiger partial charge in [0.05, 0.1) is 13.0 Å². The second-order valence-electron chi connectivity index (χ2n) is 10.2. The molecule has 314 valence electrons. The average Bonchev–Trinajstić information content (AvgIpc) is 3.10. The van der Waals surface area contributed by atoms with Crippen LogP contribution in [-0.4, -0.2) is 134 Å². The summed E-state index contributed by atoms with van der Waals surface area (Å²) in [5.74, 6) is -7.59. The fourth-order valence-corrected chi connectivity index (χ4v) is 2.62.